The highest BCUT2D eigenvalue weighted by atomic mass is 32.2. The van der Waals surface area contributed by atoms with Gasteiger partial charge in [0.1, 0.15) is 5.82 Å². The normalized spacial score (nSPS) is 13.8. The summed E-state index contributed by atoms with van der Waals surface area (Å²) >= 11 is 0. The minimum absolute atomic E-state index is 0.105. The molecular weight excluding hydrogens is 282 g/mol. The highest BCUT2D eigenvalue weighted by Crippen LogP contribution is 2.16. The van der Waals surface area contributed by atoms with Crippen LogP contribution in [0.3, 0.4) is 0 Å². The Kier molecular flexibility index (Phi) is 6.60. The zero-order chi connectivity index (χ0) is 15.2. The number of ether oxygens (including phenoxy) is 2. The monoisotopic (exact) mass is 305 g/mol. The van der Waals surface area contributed by atoms with Crippen LogP contribution in [0.15, 0.2) is 11.2 Å². The van der Waals surface area contributed by atoms with Gasteiger partial charge in [-0.1, -0.05) is 6.92 Å². The second kappa shape index (κ2) is 7.72. The second-order valence-electron chi connectivity index (χ2n) is 4.46. The Morgan fingerprint density at radius 3 is 2.60 bits per heavy atom. The van der Waals surface area contributed by atoms with Gasteiger partial charge in [0.05, 0.1) is 19.4 Å². The molecule has 1 rings (SSSR count). The van der Waals surface area contributed by atoms with Crippen LogP contribution < -0.4 is 0 Å². The molecule has 1 unspecified atom stereocenters. The fraction of sp³-hybridized carbons (Fsp3) is 0.750. The van der Waals surface area contributed by atoms with Gasteiger partial charge in [0.25, 0.3) is 10.0 Å². The van der Waals surface area contributed by atoms with Crippen LogP contribution in [0.5, 0.6) is 0 Å². The van der Waals surface area contributed by atoms with Gasteiger partial charge in [-0.05, 0) is 6.92 Å². The number of nitrogens with zero attached hydrogens (tertiary/aromatic N) is 2. The molecule has 0 saturated carbocycles. The molecule has 1 aromatic rings. The minimum Gasteiger partial charge on any atom is -0.383 e. The fourth-order valence-corrected chi connectivity index (χ4v) is 3.40. The average molecular weight is 305 g/mol. The summed E-state index contributed by atoms with van der Waals surface area (Å²) in [6.45, 7) is 4.61. The van der Waals surface area contributed by atoms with Gasteiger partial charge in [0.15, 0.2) is 5.03 Å². The number of hydrogen-bond donors (Lipinski definition) is 1. The van der Waals surface area contributed by atoms with Crippen molar-refractivity contribution >= 4 is 10.0 Å². The third-order valence-electron chi connectivity index (χ3n) is 2.94. The van der Waals surface area contributed by atoms with E-state index in [1.807, 2.05) is 6.92 Å². The smallest absolute Gasteiger partial charge is 0.260 e. The van der Waals surface area contributed by atoms with Crippen molar-refractivity contribution in [1.29, 1.82) is 0 Å². The molecule has 8 heteroatoms. The highest BCUT2D eigenvalue weighted by molar-refractivity contribution is 7.89. The molecular formula is C12H23N3O4S. The molecule has 0 bridgehead atoms. The Morgan fingerprint density at radius 1 is 1.40 bits per heavy atom. The van der Waals surface area contributed by atoms with Crippen LogP contribution in [0.25, 0.3) is 0 Å². The predicted octanol–water partition coefficient (Wildman–Crippen LogP) is 0.644. The number of methoxy groups -OCH3 is 2. The fourth-order valence-electron chi connectivity index (χ4n) is 1.86. The lowest BCUT2D eigenvalue weighted by atomic mass is 10.3. The summed E-state index contributed by atoms with van der Waals surface area (Å²) in [6.07, 6.45) is 2.01. The molecule has 0 fully saturated rings. The lowest BCUT2D eigenvalue weighted by Gasteiger charge is -2.26. The molecule has 1 N–H and O–H groups in total. The van der Waals surface area contributed by atoms with E-state index in [4.69, 9.17) is 9.47 Å². The number of aryl methyl sites for hydroxylation is 1. The Labute approximate surface area is 120 Å². The molecule has 116 valence electrons. The maximum Gasteiger partial charge on any atom is 0.260 e. The SMILES string of the molecule is CCc1ncc(S(=O)(=O)N(CCOC)C(C)COC)[nH]1. The number of aromatic amines is 1. The van der Waals surface area contributed by atoms with Gasteiger partial charge < -0.3 is 14.5 Å². The van der Waals surface area contributed by atoms with E-state index in [9.17, 15) is 8.42 Å². The molecule has 1 heterocycles. The van der Waals surface area contributed by atoms with Gasteiger partial charge in [0.2, 0.25) is 0 Å². The van der Waals surface area contributed by atoms with Crippen LogP contribution in [0, 0.1) is 0 Å². The molecule has 0 aliphatic heterocycles. The molecule has 0 aliphatic carbocycles. The third-order valence-corrected chi connectivity index (χ3v) is 4.87. The van der Waals surface area contributed by atoms with Crippen LogP contribution in [0.4, 0.5) is 0 Å². The summed E-state index contributed by atoms with van der Waals surface area (Å²) in [5.41, 5.74) is 0. The molecule has 0 aromatic carbocycles. The number of hydrogen-bond acceptors (Lipinski definition) is 5. The standard InChI is InChI=1S/C12H23N3O4S/c1-5-11-13-8-12(14-11)20(16,17)15(6-7-18-3)10(2)9-19-4/h8,10H,5-7,9H2,1-4H3,(H,13,14). The maximum absolute atomic E-state index is 12.6. The summed E-state index contributed by atoms with van der Waals surface area (Å²) in [7, 11) is -0.545. The largest absolute Gasteiger partial charge is 0.383 e. The molecule has 1 atom stereocenters. The van der Waals surface area contributed by atoms with Crippen molar-refractivity contribution < 1.29 is 17.9 Å². The number of imidazole rings is 1. The van der Waals surface area contributed by atoms with E-state index in [0.29, 0.717) is 25.5 Å². The first-order valence-electron chi connectivity index (χ1n) is 6.51. The summed E-state index contributed by atoms with van der Waals surface area (Å²) < 4.78 is 36.7. The summed E-state index contributed by atoms with van der Waals surface area (Å²) in [4.78, 5) is 6.88. The topological polar surface area (TPSA) is 84.5 Å². The molecule has 7 nitrogen and oxygen atoms in total. The molecule has 0 radical (unpaired) electrons. The first kappa shape index (κ1) is 17.1. The van der Waals surface area contributed by atoms with Crippen LogP contribution >= 0.6 is 0 Å². The van der Waals surface area contributed by atoms with Gasteiger partial charge in [-0.15, -0.1) is 0 Å². The molecule has 0 saturated heterocycles. The van der Waals surface area contributed by atoms with E-state index < -0.39 is 10.0 Å². The van der Waals surface area contributed by atoms with E-state index in [0.717, 1.165) is 0 Å². The quantitative estimate of drug-likeness (QED) is 0.724. The first-order chi connectivity index (χ1) is 9.47. The average Bonchev–Trinajstić information content (AvgIpc) is 2.88. The lowest BCUT2D eigenvalue weighted by Crippen LogP contribution is -2.43. The lowest BCUT2D eigenvalue weighted by molar-refractivity contribution is 0.119. The Balaban J connectivity index is 3.02. The van der Waals surface area contributed by atoms with Crippen molar-refractivity contribution in [1.82, 2.24) is 14.3 Å². The number of H-pyrrole nitrogens is 1. The van der Waals surface area contributed by atoms with E-state index >= 15 is 0 Å². The van der Waals surface area contributed by atoms with Gasteiger partial charge >= 0.3 is 0 Å². The third kappa shape index (κ3) is 4.02. The summed E-state index contributed by atoms with van der Waals surface area (Å²) in [6, 6.07) is -0.284. The van der Waals surface area contributed by atoms with E-state index in [-0.39, 0.29) is 17.6 Å². The van der Waals surface area contributed by atoms with Crippen LogP contribution in [-0.4, -0.2) is 62.7 Å². The first-order valence-corrected chi connectivity index (χ1v) is 7.95. The van der Waals surface area contributed by atoms with Crippen LogP contribution in [0.1, 0.15) is 19.7 Å². The summed E-state index contributed by atoms with van der Waals surface area (Å²) in [5.74, 6) is 0.648. The van der Waals surface area contributed by atoms with Gasteiger partial charge in [0, 0.05) is 33.2 Å². The van der Waals surface area contributed by atoms with Gasteiger partial charge in [-0.2, -0.15) is 4.31 Å². The summed E-state index contributed by atoms with van der Waals surface area (Å²) in [5, 5.41) is 0.105. The van der Waals surface area contributed by atoms with Gasteiger partial charge in [-0.3, -0.25) is 0 Å². The number of nitrogens with one attached hydrogen (secondary N) is 1. The molecule has 0 spiro atoms. The highest BCUT2D eigenvalue weighted by Gasteiger charge is 2.30. The van der Waals surface area contributed by atoms with Gasteiger partial charge in [-0.25, -0.2) is 13.4 Å². The molecule has 1 aromatic heterocycles. The number of aromatic nitrogens is 2. The second-order valence-corrected chi connectivity index (χ2v) is 6.32. The van der Waals surface area contributed by atoms with E-state index in [1.165, 1.54) is 17.6 Å². The van der Waals surface area contributed by atoms with Crippen molar-refractivity contribution in [2.24, 2.45) is 0 Å². The van der Waals surface area contributed by atoms with Crippen molar-refractivity contribution in [3.63, 3.8) is 0 Å². The van der Waals surface area contributed by atoms with E-state index in [1.54, 1.807) is 14.0 Å². The van der Waals surface area contributed by atoms with Crippen molar-refractivity contribution in [2.45, 2.75) is 31.3 Å². The predicted molar refractivity (Wildman–Crippen MR) is 75.1 cm³/mol. The molecule has 0 aliphatic rings. The Bertz CT molecular complexity index is 501. The molecule has 20 heavy (non-hydrogen) atoms. The Hall–Kier alpha value is -0.960. The number of rotatable bonds is 9. The minimum atomic E-state index is -3.63. The van der Waals surface area contributed by atoms with Crippen molar-refractivity contribution in [2.75, 3.05) is 34.0 Å². The number of sulfonamides is 1. The Morgan fingerprint density at radius 2 is 2.10 bits per heavy atom. The van der Waals surface area contributed by atoms with Crippen LogP contribution in [0.2, 0.25) is 0 Å². The van der Waals surface area contributed by atoms with Crippen molar-refractivity contribution in [3.05, 3.63) is 12.0 Å². The zero-order valence-corrected chi connectivity index (χ0v) is 13.2. The van der Waals surface area contributed by atoms with E-state index in [2.05, 4.69) is 9.97 Å². The van der Waals surface area contributed by atoms with Crippen molar-refractivity contribution in [3.8, 4) is 0 Å². The van der Waals surface area contributed by atoms with Crippen LogP contribution in [-0.2, 0) is 25.9 Å². The maximum atomic E-state index is 12.6. The zero-order valence-electron chi connectivity index (χ0n) is 12.4. The molecule has 0 amide bonds.